The van der Waals surface area contributed by atoms with Crippen molar-refractivity contribution in [2.45, 2.75) is 32.6 Å². The number of hydrogen-bond donors (Lipinski definition) is 1. The van der Waals surface area contributed by atoms with E-state index < -0.39 is 0 Å². The molecular weight excluding hydrogens is 208 g/mol. The largest absolute Gasteiger partial charge is 0.399 e. The highest BCUT2D eigenvalue weighted by Gasteiger charge is 2.16. The summed E-state index contributed by atoms with van der Waals surface area (Å²) < 4.78 is 0. The Hall–Kier alpha value is -1.02. The van der Waals surface area contributed by atoms with Crippen LogP contribution in [0.25, 0.3) is 0 Å². The van der Waals surface area contributed by atoms with Crippen molar-refractivity contribution >= 4 is 5.69 Å². The number of anilines is 1. The molecule has 0 aromatic heterocycles. The summed E-state index contributed by atoms with van der Waals surface area (Å²) in [6, 6.07) is 8.28. The Labute approximate surface area is 105 Å². The zero-order valence-corrected chi connectivity index (χ0v) is 10.9. The second-order valence-corrected chi connectivity index (χ2v) is 5.19. The van der Waals surface area contributed by atoms with E-state index in [1.807, 2.05) is 12.1 Å². The molecule has 94 valence electrons. The first-order valence-electron chi connectivity index (χ1n) is 6.84. The molecule has 1 aromatic carbocycles. The van der Waals surface area contributed by atoms with Crippen LogP contribution in [-0.2, 0) is 6.42 Å². The average Bonchev–Trinajstić information content (AvgIpc) is 2.37. The van der Waals surface area contributed by atoms with Gasteiger partial charge in [0, 0.05) is 12.2 Å². The molecule has 0 saturated carbocycles. The third-order valence-corrected chi connectivity index (χ3v) is 3.95. The van der Waals surface area contributed by atoms with Gasteiger partial charge in [-0.3, -0.25) is 0 Å². The molecule has 1 aliphatic heterocycles. The van der Waals surface area contributed by atoms with Gasteiger partial charge in [0.05, 0.1) is 0 Å². The van der Waals surface area contributed by atoms with Gasteiger partial charge in [-0.2, -0.15) is 0 Å². The zero-order valence-electron chi connectivity index (χ0n) is 10.9. The number of nitrogen functional groups attached to an aromatic ring is 1. The Balaban J connectivity index is 1.76. The average molecular weight is 232 g/mol. The number of rotatable bonds is 4. The number of nitrogens with zero attached hydrogens (tertiary/aromatic N) is 1. The lowest BCUT2D eigenvalue weighted by Gasteiger charge is -2.31. The van der Waals surface area contributed by atoms with Crippen molar-refractivity contribution in [1.29, 1.82) is 0 Å². The molecule has 2 N–H and O–H groups in total. The summed E-state index contributed by atoms with van der Waals surface area (Å²) in [4.78, 5) is 2.59. The van der Waals surface area contributed by atoms with Gasteiger partial charge in [0.1, 0.15) is 0 Å². The van der Waals surface area contributed by atoms with E-state index in [2.05, 4.69) is 24.0 Å². The summed E-state index contributed by atoms with van der Waals surface area (Å²) in [6.07, 6.45) is 5.24. The van der Waals surface area contributed by atoms with Crippen molar-refractivity contribution in [2.75, 3.05) is 25.4 Å². The van der Waals surface area contributed by atoms with Crippen LogP contribution in [-0.4, -0.2) is 24.5 Å². The molecule has 0 atom stereocenters. The Bertz CT molecular complexity index is 341. The number of nitrogens with two attached hydrogens (primary N) is 1. The monoisotopic (exact) mass is 232 g/mol. The van der Waals surface area contributed by atoms with Crippen molar-refractivity contribution in [3.8, 4) is 0 Å². The van der Waals surface area contributed by atoms with Gasteiger partial charge in [0.2, 0.25) is 0 Å². The van der Waals surface area contributed by atoms with Crippen LogP contribution < -0.4 is 5.73 Å². The Morgan fingerprint density at radius 3 is 2.71 bits per heavy atom. The van der Waals surface area contributed by atoms with E-state index in [-0.39, 0.29) is 0 Å². The first kappa shape index (κ1) is 12.4. The van der Waals surface area contributed by atoms with E-state index >= 15 is 0 Å². The van der Waals surface area contributed by atoms with Crippen LogP contribution in [0.5, 0.6) is 0 Å². The summed E-state index contributed by atoms with van der Waals surface area (Å²) in [5.41, 5.74) is 8.04. The second kappa shape index (κ2) is 6.06. The third kappa shape index (κ3) is 3.74. The predicted molar refractivity (Wildman–Crippen MR) is 74.0 cm³/mol. The van der Waals surface area contributed by atoms with E-state index in [0.29, 0.717) is 0 Å². The van der Waals surface area contributed by atoms with E-state index in [4.69, 9.17) is 5.73 Å². The maximum absolute atomic E-state index is 5.79. The third-order valence-electron chi connectivity index (χ3n) is 3.95. The van der Waals surface area contributed by atoms with Gasteiger partial charge >= 0.3 is 0 Å². The van der Waals surface area contributed by atoms with Crippen molar-refractivity contribution in [1.82, 2.24) is 4.90 Å². The van der Waals surface area contributed by atoms with Crippen LogP contribution in [0.4, 0.5) is 5.69 Å². The van der Waals surface area contributed by atoms with Crippen LogP contribution >= 0.6 is 0 Å². The van der Waals surface area contributed by atoms with E-state index in [1.54, 1.807) is 0 Å². The summed E-state index contributed by atoms with van der Waals surface area (Å²) >= 11 is 0. The van der Waals surface area contributed by atoms with Gasteiger partial charge in [-0.1, -0.05) is 25.5 Å². The number of hydrogen-bond acceptors (Lipinski definition) is 2. The van der Waals surface area contributed by atoms with E-state index in [1.165, 1.54) is 44.5 Å². The fraction of sp³-hybridized carbons (Fsp3) is 0.600. The summed E-state index contributed by atoms with van der Waals surface area (Å²) in [7, 11) is 0. The molecule has 0 amide bonds. The topological polar surface area (TPSA) is 29.3 Å². The first-order chi connectivity index (χ1) is 8.28. The van der Waals surface area contributed by atoms with Crippen molar-refractivity contribution in [3.05, 3.63) is 29.8 Å². The van der Waals surface area contributed by atoms with Gasteiger partial charge < -0.3 is 10.6 Å². The second-order valence-electron chi connectivity index (χ2n) is 5.19. The molecule has 0 bridgehead atoms. The normalized spacial score (nSPS) is 18.4. The molecule has 0 aliphatic carbocycles. The molecule has 1 fully saturated rings. The molecule has 0 unspecified atom stereocenters. The summed E-state index contributed by atoms with van der Waals surface area (Å²) in [5, 5.41) is 0. The van der Waals surface area contributed by atoms with Gasteiger partial charge in [-0.05, 0) is 56.0 Å². The highest BCUT2D eigenvalue weighted by molar-refractivity contribution is 5.40. The zero-order chi connectivity index (χ0) is 12.1. The minimum absolute atomic E-state index is 0.882. The first-order valence-corrected chi connectivity index (χ1v) is 6.84. The predicted octanol–water partition coefficient (Wildman–Crippen LogP) is 2.93. The molecule has 0 spiro atoms. The van der Waals surface area contributed by atoms with Crippen molar-refractivity contribution < 1.29 is 0 Å². The van der Waals surface area contributed by atoms with Crippen molar-refractivity contribution in [2.24, 2.45) is 5.92 Å². The molecule has 1 aliphatic rings. The van der Waals surface area contributed by atoms with E-state index in [0.717, 1.165) is 18.0 Å². The lowest BCUT2D eigenvalue weighted by molar-refractivity contribution is 0.184. The van der Waals surface area contributed by atoms with Crippen molar-refractivity contribution in [3.63, 3.8) is 0 Å². The van der Waals surface area contributed by atoms with Crippen LogP contribution in [0.1, 0.15) is 31.7 Å². The maximum Gasteiger partial charge on any atom is 0.0316 e. The highest BCUT2D eigenvalue weighted by Crippen LogP contribution is 2.20. The van der Waals surface area contributed by atoms with Gasteiger partial charge in [-0.25, -0.2) is 0 Å². The van der Waals surface area contributed by atoms with Crippen LogP contribution in [0.15, 0.2) is 24.3 Å². The molecule has 2 rings (SSSR count). The number of benzene rings is 1. The quantitative estimate of drug-likeness (QED) is 0.809. The minimum Gasteiger partial charge on any atom is -0.399 e. The standard InChI is InChI=1S/C15H24N2/c1-2-13-6-9-17(10-7-13)11-8-14-4-3-5-15(16)12-14/h3-5,12-13H,2,6-11,16H2,1H3. The van der Waals surface area contributed by atoms with Gasteiger partial charge in [0.25, 0.3) is 0 Å². The van der Waals surface area contributed by atoms with Crippen LogP contribution in [0.3, 0.4) is 0 Å². The minimum atomic E-state index is 0.882. The Kier molecular flexibility index (Phi) is 4.43. The molecule has 2 nitrogen and oxygen atoms in total. The molecular formula is C15H24N2. The molecule has 1 heterocycles. The summed E-state index contributed by atoms with van der Waals surface area (Å²) in [5.74, 6) is 0.971. The van der Waals surface area contributed by atoms with E-state index in [9.17, 15) is 0 Å². The SMILES string of the molecule is CCC1CCN(CCc2cccc(N)c2)CC1. The fourth-order valence-electron chi connectivity index (χ4n) is 2.65. The van der Waals surface area contributed by atoms with Crippen LogP contribution in [0.2, 0.25) is 0 Å². The maximum atomic E-state index is 5.79. The fourth-order valence-corrected chi connectivity index (χ4v) is 2.65. The lowest BCUT2D eigenvalue weighted by atomic mass is 9.94. The van der Waals surface area contributed by atoms with Crippen LogP contribution in [0, 0.1) is 5.92 Å². The smallest absolute Gasteiger partial charge is 0.0316 e. The summed E-state index contributed by atoms with van der Waals surface area (Å²) in [6.45, 7) is 6.05. The molecule has 1 saturated heterocycles. The Morgan fingerprint density at radius 2 is 2.06 bits per heavy atom. The highest BCUT2D eigenvalue weighted by atomic mass is 15.1. The van der Waals surface area contributed by atoms with Gasteiger partial charge in [0.15, 0.2) is 0 Å². The molecule has 0 radical (unpaired) electrons. The molecule has 17 heavy (non-hydrogen) atoms. The molecule has 2 heteroatoms. The molecule has 1 aromatic rings. The number of piperidine rings is 1. The Morgan fingerprint density at radius 1 is 1.29 bits per heavy atom. The lowest BCUT2D eigenvalue weighted by Crippen LogP contribution is -2.34. The van der Waals surface area contributed by atoms with Gasteiger partial charge in [-0.15, -0.1) is 0 Å². The number of likely N-dealkylation sites (tertiary alicyclic amines) is 1.